The fourth-order valence-electron chi connectivity index (χ4n) is 2.16. The standard InChI is InChI=1S/C19H18BN3OS/c1-13-11-18(23-25-17-9-3-14(20)4-10-17)19(22-12-13)24-16-7-5-15(21-2)6-8-16/h3-12,21,23H,1-2H3. The Labute approximate surface area is 153 Å². The lowest BCUT2D eigenvalue weighted by Crippen LogP contribution is -2.00. The highest BCUT2D eigenvalue weighted by Crippen LogP contribution is 2.31. The molecule has 4 nitrogen and oxygen atoms in total. The zero-order valence-corrected chi connectivity index (χ0v) is 14.9. The van der Waals surface area contributed by atoms with Crippen molar-refractivity contribution in [3.63, 3.8) is 0 Å². The summed E-state index contributed by atoms with van der Waals surface area (Å²) in [6, 6.07) is 17.4. The topological polar surface area (TPSA) is 46.2 Å². The largest absolute Gasteiger partial charge is 0.437 e. The Hall–Kier alpha value is -2.60. The van der Waals surface area contributed by atoms with Gasteiger partial charge in [0.1, 0.15) is 19.3 Å². The Bertz CT molecular complexity index is 838. The zero-order chi connectivity index (χ0) is 17.6. The van der Waals surface area contributed by atoms with E-state index < -0.39 is 0 Å². The molecule has 1 aromatic heterocycles. The Balaban J connectivity index is 1.76. The van der Waals surface area contributed by atoms with Crippen molar-refractivity contribution in [2.75, 3.05) is 17.1 Å². The minimum atomic E-state index is 0.533. The van der Waals surface area contributed by atoms with Gasteiger partial charge in [-0.05, 0) is 66.9 Å². The molecule has 25 heavy (non-hydrogen) atoms. The molecule has 6 heteroatoms. The van der Waals surface area contributed by atoms with Crippen LogP contribution >= 0.6 is 11.9 Å². The lowest BCUT2D eigenvalue weighted by atomic mass is 9.97. The van der Waals surface area contributed by atoms with E-state index in [9.17, 15) is 0 Å². The first-order valence-corrected chi connectivity index (χ1v) is 8.66. The lowest BCUT2D eigenvalue weighted by Gasteiger charge is -2.12. The molecule has 0 aliphatic heterocycles. The summed E-state index contributed by atoms with van der Waals surface area (Å²) in [6.07, 6.45) is 1.79. The average molecular weight is 347 g/mol. The van der Waals surface area contributed by atoms with Gasteiger partial charge in [-0.1, -0.05) is 17.6 Å². The molecule has 3 rings (SSSR count). The minimum Gasteiger partial charge on any atom is -0.437 e. The molecule has 0 saturated heterocycles. The molecule has 2 radical (unpaired) electrons. The van der Waals surface area contributed by atoms with Crippen LogP contribution in [0.5, 0.6) is 11.6 Å². The van der Waals surface area contributed by atoms with E-state index in [0.717, 1.165) is 33.0 Å². The summed E-state index contributed by atoms with van der Waals surface area (Å²) in [5.41, 5.74) is 3.65. The van der Waals surface area contributed by atoms with Crippen LogP contribution < -0.4 is 20.2 Å². The number of benzene rings is 2. The van der Waals surface area contributed by atoms with Crippen molar-refractivity contribution < 1.29 is 4.74 Å². The molecule has 0 spiro atoms. The Morgan fingerprint density at radius 1 is 1.04 bits per heavy atom. The molecule has 0 amide bonds. The number of rotatable bonds is 6. The maximum atomic E-state index is 5.94. The molecule has 0 aliphatic rings. The molecule has 0 atom stereocenters. The van der Waals surface area contributed by atoms with Crippen molar-refractivity contribution in [2.45, 2.75) is 11.8 Å². The van der Waals surface area contributed by atoms with Crippen LogP contribution in [-0.4, -0.2) is 19.9 Å². The smallest absolute Gasteiger partial charge is 0.243 e. The van der Waals surface area contributed by atoms with Crippen LogP contribution in [0.3, 0.4) is 0 Å². The van der Waals surface area contributed by atoms with Crippen LogP contribution in [0.25, 0.3) is 0 Å². The normalized spacial score (nSPS) is 10.3. The van der Waals surface area contributed by atoms with E-state index in [1.165, 1.54) is 11.9 Å². The third-order valence-electron chi connectivity index (χ3n) is 3.50. The first-order valence-electron chi connectivity index (χ1n) is 7.85. The average Bonchev–Trinajstić information content (AvgIpc) is 2.64. The molecular formula is C19H18BN3OS. The molecule has 0 fully saturated rings. The zero-order valence-electron chi connectivity index (χ0n) is 14.1. The number of nitrogens with zero attached hydrogens (tertiary/aromatic N) is 1. The summed E-state index contributed by atoms with van der Waals surface area (Å²) < 4.78 is 9.25. The maximum Gasteiger partial charge on any atom is 0.243 e. The summed E-state index contributed by atoms with van der Waals surface area (Å²) >= 11 is 1.49. The molecule has 0 bridgehead atoms. The van der Waals surface area contributed by atoms with E-state index in [-0.39, 0.29) is 0 Å². The predicted molar refractivity (Wildman–Crippen MR) is 106 cm³/mol. The van der Waals surface area contributed by atoms with Crippen LogP contribution in [-0.2, 0) is 0 Å². The number of ether oxygens (including phenoxy) is 1. The van der Waals surface area contributed by atoms with E-state index >= 15 is 0 Å². The van der Waals surface area contributed by atoms with E-state index in [4.69, 9.17) is 12.6 Å². The minimum absolute atomic E-state index is 0.533. The van der Waals surface area contributed by atoms with Gasteiger partial charge in [-0.25, -0.2) is 4.98 Å². The fraction of sp³-hybridized carbons (Fsp3) is 0.105. The molecule has 1 heterocycles. The Morgan fingerprint density at radius 3 is 2.44 bits per heavy atom. The highest BCUT2D eigenvalue weighted by molar-refractivity contribution is 8.00. The number of nitrogens with one attached hydrogen (secondary N) is 2. The van der Waals surface area contributed by atoms with Gasteiger partial charge >= 0.3 is 0 Å². The van der Waals surface area contributed by atoms with Gasteiger partial charge in [0.2, 0.25) is 5.88 Å². The quantitative estimate of drug-likeness (QED) is 0.518. The summed E-state index contributed by atoms with van der Waals surface area (Å²) in [5, 5.41) is 3.08. The van der Waals surface area contributed by atoms with E-state index in [2.05, 4.69) is 15.0 Å². The van der Waals surface area contributed by atoms with Gasteiger partial charge in [-0.2, -0.15) is 0 Å². The molecular weight excluding hydrogens is 329 g/mol. The second-order valence-corrected chi connectivity index (χ2v) is 6.39. The van der Waals surface area contributed by atoms with Crippen LogP contribution in [0.1, 0.15) is 5.56 Å². The number of hydrogen-bond donors (Lipinski definition) is 2. The van der Waals surface area contributed by atoms with Crippen LogP contribution in [0.15, 0.2) is 65.7 Å². The molecule has 2 N–H and O–H groups in total. The Morgan fingerprint density at radius 2 is 1.76 bits per heavy atom. The summed E-state index contributed by atoms with van der Waals surface area (Å²) in [4.78, 5) is 5.46. The van der Waals surface area contributed by atoms with Crippen molar-refractivity contribution in [3.8, 4) is 11.6 Å². The maximum absolute atomic E-state index is 5.94. The number of aryl methyl sites for hydroxylation is 1. The first-order chi connectivity index (χ1) is 12.1. The van der Waals surface area contributed by atoms with Gasteiger partial charge in [0.05, 0.1) is 0 Å². The van der Waals surface area contributed by atoms with Crippen LogP contribution in [0.2, 0.25) is 0 Å². The SMILES string of the molecule is [B]c1ccc(SNc2cc(C)cnc2Oc2ccc(NC)cc2)cc1. The fourth-order valence-corrected chi connectivity index (χ4v) is 2.81. The van der Waals surface area contributed by atoms with E-state index in [1.807, 2.05) is 68.6 Å². The second kappa shape index (κ2) is 7.99. The summed E-state index contributed by atoms with van der Waals surface area (Å²) in [6.45, 7) is 2.00. The number of pyridine rings is 1. The molecule has 124 valence electrons. The van der Waals surface area contributed by atoms with Crippen molar-refractivity contribution >= 4 is 36.6 Å². The second-order valence-electron chi connectivity index (χ2n) is 5.51. The highest BCUT2D eigenvalue weighted by Gasteiger charge is 2.08. The van der Waals surface area contributed by atoms with Gasteiger partial charge in [-0.15, -0.1) is 0 Å². The first kappa shape index (κ1) is 17.2. The third-order valence-corrected chi connectivity index (χ3v) is 4.33. The lowest BCUT2D eigenvalue weighted by molar-refractivity contribution is 0.465. The molecule has 2 aromatic carbocycles. The highest BCUT2D eigenvalue weighted by atomic mass is 32.2. The van der Waals surface area contributed by atoms with Crippen molar-refractivity contribution in [1.29, 1.82) is 0 Å². The van der Waals surface area contributed by atoms with Crippen LogP contribution in [0.4, 0.5) is 11.4 Å². The molecule has 0 aliphatic carbocycles. The summed E-state index contributed by atoms with van der Waals surface area (Å²) in [7, 11) is 7.60. The van der Waals surface area contributed by atoms with Crippen LogP contribution in [0, 0.1) is 6.92 Å². The third kappa shape index (κ3) is 4.70. The van der Waals surface area contributed by atoms with E-state index in [1.54, 1.807) is 6.20 Å². The molecule has 3 aromatic rings. The van der Waals surface area contributed by atoms with Crippen molar-refractivity contribution in [2.24, 2.45) is 0 Å². The van der Waals surface area contributed by atoms with Crippen molar-refractivity contribution in [1.82, 2.24) is 4.98 Å². The number of aromatic nitrogens is 1. The summed E-state index contributed by atoms with van der Waals surface area (Å²) in [5.74, 6) is 1.27. The van der Waals surface area contributed by atoms with Crippen molar-refractivity contribution in [3.05, 3.63) is 66.4 Å². The molecule has 0 saturated carbocycles. The number of anilines is 2. The molecule has 0 unspecified atom stereocenters. The number of hydrogen-bond acceptors (Lipinski definition) is 5. The predicted octanol–water partition coefficient (Wildman–Crippen LogP) is 4.14. The van der Waals surface area contributed by atoms with Gasteiger partial charge in [0.15, 0.2) is 0 Å². The van der Waals surface area contributed by atoms with Gasteiger partial charge in [0.25, 0.3) is 0 Å². The monoisotopic (exact) mass is 347 g/mol. The van der Waals surface area contributed by atoms with Gasteiger partial charge < -0.3 is 14.8 Å². The van der Waals surface area contributed by atoms with Gasteiger partial charge in [-0.3, -0.25) is 0 Å². The van der Waals surface area contributed by atoms with E-state index in [0.29, 0.717) is 5.88 Å². The Kier molecular flexibility index (Phi) is 5.51. The van der Waals surface area contributed by atoms with Gasteiger partial charge in [0, 0.05) is 23.8 Å².